The van der Waals surface area contributed by atoms with E-state index in [1.165, 1.54) is 36.2 Å². The molecular formula is C25H28Cl2N8O5. The van der Waals surface area contributed by atoms with Crippen molar-refractivity contribution in [3.05, 3.63) is 47.4 Å². The van der Waals surface area contributed by atoms with E-state index < -0.39 is 11.9 Å². The van der Waals surface area contributed by atoms with Crippen molar-refractivity contribution in [2.24, 2.45) is 13.0 Å². The van der Waals surface area contributed by atoms with E-state index in [2.05, 4.69) is 37.6 Å². The fourth-order valence-electron chi connectivity index (χ4n) is 3.98. The molecule has 1 unspecified atom stereocenters. The third-order valence-corrected chi connectivity index (χ3v) is 6.71. The molecule has 212 valence electrons. The number of hydrogen-bond acceptors (Lipinski definition) is 9. The molecule has 1 aliphatic heterocycles. The van der Waals surface area contributed by atoms with Crippen molar-refractivity contribution >= 4 is 64.0 Å². The van der Waals surface area contributed by atoms with E-state index in [1.807, 2.05) is 0 Å². The Bertz CT molecular complexity index is 1380. The summed E-state index contributed by atoms with van der Waals surface area (Å²) < 4.78 is 17.7. The number of methoxy groups -OCH3 is 2. The predicted molar refractivity (Wildman–Crippen MR) is 152 cm³/mol. The van der Waals surface area contributed by atoms with E-state index in [9.17, 15) is 9.59 Å². The Morgan fingerprint density at radius 1 is 1.20 bits per heavy atom. The molecule has 0 bridgehead atoms. The lowest BCUT2D eigenvalue weighted by molar-refractivity contribution is -0.111. The van der Waals surface area contributed by atoms with Gasteiger partial charge in [-0.2, -0.15) is 5.10 Å². The zero-order valence-corrected chi connectivity index (χ0v) is 23.5. The van der Waals surface area contributed by atoms with Crippen LogP contribution in [0.4, 0.5) is 33.6 Å². The quantitative estimate of drug-likeness (QED) is 0.291. The monoisotopic (exact) mass is 590 g/mol. The van der Waals surface area contributed by atoms with Gasteiger partial charge in [-0.3, -0.25) is 14.4 Å². The van der Waals surface area contributed by atoms with Gasteiger partial charge in [0.05, 0.1) is 32.7 Å². The SMILES string of the molecule is C=CC(=O)Nc1cn(C)nc1Nc1cc(N(CC2CCOC2)C(=O)Nc2c(Cl)c(OC)cc(OC)c2Cl)ncn1. The van der Waals surface area contributed by atoms with Crippen LogP contribution in [0, 0.1) is 5.92 Å². The predicted octanol–water partition coefficient (Wildman–Crippen LogP) is 4.48. The number of hydrogen-bond donors (Lipinski definition) is 3. The molecule has 4 rings (SSSR count). The molecule has 1 aromatic carbocycles. The van der Waals surface area contributed by atoms with Gasteiger partial charge in [-0.05, 0) is 12.5 Å². The van der Waals surface area contributed by atoms with E-state index in [0.29, 0.717) is 37.1 Å². The van der Waals surface area contributed by atoms with Gasteiger partial charge in [0.15, 0.2) is 5.82 Å². The molecule has 0 radical (unpaired) electrons. The Balaban J connectivity index is 1.65. The van der Waals surface area contributed by atoms with Crippen LogP contribution in [0.3, 0.4) is 0 Å². The molecule has 3 heterocycles. The van der Waals surface area contributed by atoms with Gasteiger partial charge >= 0.3 is 6.03 Å². The summed E-state index contributed by atoms with van der Waals surface area (Å²) in [5.74, 6) is 1.18. The first-order valence-corrected chi connectivity index (χ1v) is 12.8. The van der Waals surface area contributed by atoms with Crippen molar-refractivity contribution in [3.8, 4) is 11.5 Å². The summed E-state index contributed by atoms with van der Waals surface area (Å²) in [6.45, 7) is 4.85. The highest BCUT2D eigenvalue weighted by Crippen LogP contribution is 2.44. The number of nitrogens with zero attached hydrogens (tertiary/aromatic N) is 5. The molecule has 3 aromatic rings. The second-order valence-corrected chi connectivity index (χ2v) is 9.46. The Kier molecular flexibility index (Phi) is 9.30. The van der Waals surface area contributed by atoms with Crippen molar-refractivity contribution in [1.82, 2.24) is 19.7 Å². The number of carbonyl (C=O) groups excluding carboxylic acids is 2. The zero-order valence-electron chi connectivity index (χ0n) is 22.0. The molecule has 0 spiro atoms. The van der Waals surface area contributed by atoms with Crippen LogP contribution in [0.5, 0.6) is 11.5 Å². The van der Waals surface area contributed by atoms with Gasteiger partial charge in [-0.15, -0.1) is 0 Å². The average Bonchev–Trinajstić information content (AvgIpc) is 3.58. The summed E-state index contributed by atoms with van der Waals surface area (Å²) in [5.41, 5.74) is 0.544. The summed E-state index contributed by atoms with van der Waals surface area (Å²) in [7, 11) is 4.59. The van der Waals surface area contributed by atoms with Crippen molar-refractivity contribution < 1.29 is 23.8 Å². The van der Waals surface area contributed by atoms with Crippen molar-refractivity contribution in [1.29, 1.82) is 0 Å². The van der Waals surface area contributed by atoms with E-state index in [4.69, 9.17) is 37.4 Å². The summed E-state index contributed by atoms with van der Waals surface area (Å²) in [5, 5.41) is 13.1. The van der Waals surface area contributed by atoms with Crippen LogP contribution in [0.1, 0.15) is 6.42 Å². The summed E-state index contributed by atoms with van der Waals surface area (Å²) >= 11 is 13.0. The maximum absolute atomic E-state index is 13.7. The topological polar surface area (TPSA) is 145 Å². The lowest BCUT2D eigenvalue weighted by atomic mass is 10.1. The van der Waals surface area contributed by atoms with Gasteiger partial charge in [0.1, 0.15) is 45.2 Å². The molecule has 3 amide bonds. The molecule has 0 aliphatic carbocycles. The fraction of sp³-hybridized carbons (Fsp3) is 0.320. The van der Waals surface area contributed by atoms with E-state index >= 15 is 0 Å². The van der Waals surface area contributed by atoms with Crippen molar-refractivity contribution in [2.45, 2.75) is 6.42 Å². The third-order valence-electron chi connectivity index (χ3n) is 5.96. The summed E-state index contributed by atoms with van der Waals surface area (Å²) in [6, 6.07) is 2.56. The van der Waals surface area contributed by atoms with Gasteiger partial charge in [0, 0.05) is 38.2 Å². The van der Waals surface area contributed by atoms with E-state index in [0.717, 1.165) is 12.5 Å². The first-order valence-electron chi connectivity index (χ1n) is 12.1. The lowest BCUT2D eigenvalue weighted by Crippen LogP contribution is -2.39. The van der Waals surface area contributed by atoms with Crippen molar-refractivity contribution in [2.75, 3.05) is 54.8 Å². The molecule has 15 heteroatoms. The molecule has 3 N–H and O–H groups in total. The highest BCUT2D eigenvalue weighted by atomic mass is 35.5. The van der Waals surface area contributed by atoms with Crippen molar-refractivity contribution in [3.63, 3.8) is 0 Å². The number of benzene rings is 1. The average molecular weight is 591 g/mol. The maximum atomic E-state index is 13.7. The molecule has 1 atom stereocenters. The van der Waals surface area contributed by atoms with E-state index in [-0.39, 0.29) is 39.0 Å². The summed E-state index contributed by atoms with van der Waals surface area (Å²) in [6.07, 6.45) is 4.86. The fourth-order valence-corrected chi connectivity index (χ4v) is 4.57. The first kappa shape index (κ1) is 28.9. The largest absolute Gasteiger partial charge is 0.495 e. The minimum absolute atomic E-state index is 0.0689. The van der Waals surface area contributed by atoms with Gasteiger partial charge < -0.3 is 30.2 Å². The number of aromatic nitrogens is 4. The van der Waals surface area contributed by atoms with Crippen LogP contribution in [0.2, 0.25) is 10.0 Å². The lowest BCUT2D eigenvalue weighted by Gasteiger charge is -2.26. The third kappa shape index (κ3) is 6.55. The minimum Gasteiger partial charge on any atom is -0.495 e. The van der Waals surface area contributed by atoms with Crippen LogP contribution < -0.4 is 30.3 Å². The molecule has 13 nitrogen and oxygen atoms in total. The molecule has 1 aliphatic rings. The molecule has 2 aromatic heterocycles. The van der Waals surface area contributed by atoms with Crippen LogP contribution in [-0.2, 0) is 16.6 Å². The highest BCUT2D eigenvalue weighted by Gasteiger charge is 2.27. The number of urea groups is 1. The second-order valence-electron chi connectivity index (χ2n) is 8.70. The van der Waals surface area contributed by atoms with Crippen LogP contribution in [0.15, 0.2) is 37.3 Å². The van der Waals surface area contributed by atoms with Crippen LogP contribution in [0.25, 0.3) is 0 Å². The maximum Gasteiger partial charge on any atom is 0.327 e. The number of rotatable bonds is 10. The molecule has 40 heavy (non-hydrogen) atoms. The highest BCUT2D eigenvalue weighted by molar-refractivity contribution is 6.41. The summed E-state index contributed by atoms with van der Waals surface area (Å²) in [4.78, 5) is 35.6. The van der Waals surface area contributed by atoms with Gasteiger partial charge in [0.2, 0.25) is 5.91 Å². The number of aryl methyl sites for hydroxylation is 1. The zero-order chi connectivity index (χ0) is 28.8. The molecule has 1 fully saturated rings. The van der Waals surface area contributed by atoms with Crippen LogP contribution in [-0.4, -0.2) is 65.7 Å². The standard InChI is InChI=1S/C25H28Cl2N8O5/c1-5-20(36)30-15-11-34(2)33-24(15)31-18-9-19(29-13-28-18)35(10-14-6-7-40-12-14)25(37)32-23-21(26)16(38-3)8-17(39-4)22(23)27/h5,8-9,11,13-14H,1,6-7,10,12H2,2-4H3,(H,30,36)(H,32,37)(H,28,29,31,33). The normalized spacial score (nSPS) is 14.4. The number of anilines is 5. The minimum atomic E-state index is -0.549. The number of amides is 3. The second kappa shape index (κ2) is 12.9. The number of nitrogens with one attached hydrogen (secondary N) is 3. The molecular weight excluding hydrogens is 563 g/mol. The van der Waals surface area contributed by atoms with Gasteiger partial charge in [-0.1, -0.05) is 29.8 Å². The Labute approximate surface area is 240 Å². The van der Waals surface area contributed by atoms with Gasteiger partial charge in [-0.25, -0.2) is 14.8 Å². The van der Waals surface area contributed by atoms with Gasteiger partial charge in [0.25, 0.3) is 0 Å². The van der Waals surface area contributed by atoms with E-state index in [1.54, 1.807) is 19.3 Å². The Morgan fingerprint density at radius 2 is 1.93 bits per heavy atom. The number of halogens is 2. The number of carbonyl (C=O) groups is 2. The molecule has 0 saturated carbocycles. The number of ether oxygens (including phenoxy) is 3. The first-order chi connectivity index (χ1) is 19.2. The Hall–Kier alpha value is -4.07. The Morgan fingerprint density at radius 3 is 2.55 bits per heavy atom. The van der Waals surface area contributed by atoms with Crippen LogP contribution >= 0.6 is 23.2 Å². The smallest absolute Gasteiger partial charge is 0.327 e. The molecule has 1 saturated heterocycles.